The SMILES string of the molecule is O=C(O)c1ccc(CCCC2SCC(=O)N2CCC2(O)CCCCC2)o1. The number of hydrogen-bond acceptors (Lipinski definition) is 5. The van der Waals surface area contributed by atoms with Crippen LogP contribution in [0.3, 0.4) is 0 Å². The monoisotopic (exact) mass is 381 g/mol. The summed E-state index contributed by atoms with van der Waals surface area (Å²) in [7, 11) is 0. The lowest BCUT2D eigenvalue weighted by atomic mass is 9.82. The first-order valence-corrected chi connectivity index (χ1v) is 10.5. The van der Waals surface area contributed by atoms with Crippen molar-refractivity contribution in [3.63, 3.8) is 0 Å². The molecule has 7 heteroatoms. The Hall–Kier alpha value is -1.47. The number of carboxylic acids is 1. The summed E-state index contributed by atoms with van der Waals surface area (Å²) in [6.45, 7) is 0.622. The van der Waals surface area contributed by atoms with Crippen LogP contribution < -0.4 is 0 Å². The molecule has 1 saturated heterocycles. The number of carbonyl (C=O) groups is 2. The Labute approximate surface area is 157 Å². The molecule has 1 amide bonds. The molecular formula is C19H27NO5S. The van der Waals surface area contributed by atoms with Crippen molar-refractivity contribution in [2.75, 3.05) is 12.3 Å². The number of furan rings is 1. The molecule has 1 unspecified atom stereocenters. The number of amides is 1. The van der Waals surface area contributed by atoms with E-state index in [4.69, 9.17) is 9.52 Å². The fourth-order valence-electron chi connectivity index (χ4n) is 3.88. The molecule has 2 heterocycles. The molecule has 2 N–H and O–H groups in total. The number of hydrogen-bond donors (Lipinski definition) is 2. The number of thioether (sulfide) groups is 1. The predicted octanol–water partition coefficient (Wildman–Crippen LogP) is 3.29. The molecule has 1 saturated carbocycles. The molecule has 1 aromatic rings. The molecule has 144 valence electrons. The topological polar surface area (TPSA) is 91.0 Å². The first kappa shape index (κ1) is 19.3. The predicted molar refractivity (Wildman–Crippen MR) is 99.2 cm³/mol. The molecule has 1 aliphatic carbocycles. The van der Waals surface area contributed by atoms with E-state index in [0.29, 0.717) is 30.9 Å². The van der Waals surface area contributed by atoms with Gasteiger partial charge in [-0.25, -0.2) is 4.79 Å². The van der Waals surface area contributed by atoms with Gasteiger partial charge in [0.25, 0.3) is 0 Å². The van der Waals surface area contributed by atoms with Crippen LogP contribution in [-0.2, 0) is 11.2 Å². The van der Waals surface area contributed by atoms with Crippen LogP contribution in [0.15, 0.2) is 16.5 Å². The van der Waals surface area contributed by atoms with Crippen molar-refractivity contribution in [3.8, 4) is 0 Å². The summed E-state index contributed by atoms with van der Waals surface area (Å²) >= 11 is 1.66. The molecular weight excluding hydrogens is 354 g/mol. The average Bonchev–Trinajstić information content (AvgIpc) is 3.21. The summed E-state index contributed by atoms with van der Waals surface area (Å²) in [6.07, 6.45) is 8.03. The van der Waals surface area contributed by atoms with Gasteiger partial charge < -0.3 is 19.5 Å². The third-order valence-corrected chi connectivity index (χ3v) is 6.70. The summed E-state index contributed by atoms with van der Waals surface area (Å²) in [6, 6.07) is 3.18. The highest BCUT2D eigenvalue weighted by Gasteiger charge is 2.35. The van der Waals surface area contributed by atoms with Crippen molar-refractivity contribution >= 4 is 23.6 Å². The summed E-state index contributed by atoms with van der Waals surface area (Å²) in [5.41, 5.74) is -0.599. The molecule has 0 radical (unpaired) electrons. The van der Waals surface area contributed by atoms with E-state index in [1.165, 1.54) is 12.5 Å². The zero-order chi connectivity index (χ0) is 18.6. The fourth-order valence-corrected chi connectivity index (χ4v) is 5.11. The minimum Gasteiger partial charge on any atom is -0.475 e. The highest BCUT2D eigenvalue weighted by atomic mass is 32.2. The van der Waals surface area contributed by atoms with Gasteiger partial charge in [0.15, 0.2) is 0 Å². The van der Waals surface area contributed by atoms with E-state index in [1.54, 1.807) is 17.8 Å². The number of aliphatic hydroxyl groups is 1. The zero-order valence-electron chi connectivity index (χ0n) is 15.0. The first-order valence-electron chi connectivity index (χ1n) is 9.42. The second-order valence-corrected chi connectivity index (χ2v) is 8.52. The van der Waals surface area contributed by atoms with Crippen molar-refractivity contribution in [2.45, 2.75) is 68.8 Å². The van der Waals surface area contributed by atoms with E-state index in [0.717, 1.165) is 38.5 Å². The highest BCUT2D eigenvalue weighted by molar-refractivity contribution is 8.00. The minimum atomic E-state index is -1.06. The van der Waals surface area contributed by atoms with E-state index in [-0.39, 0.29) is 17.0 Å². The standard InChI is InChI=1S/C19H27NO5S/c21-16-13-26-17(6-4-5-14-7-8-15(25-14)18(22)23)20(16)12-11-19(24)9-2-1-3-10-19/h7-8,17,24H,1-6,9-13H2,(H,22,23). The van der Waals surface area contributed by atoms with Crippen LogP contribution in [0.25, 0.3) is 0 Å². The molecule has 0 spiro atoms. The quantitative estimate of drug-likeness (QED) is 0.718. The number of aryl methyl sites for hydroxylation is 1. The Morgan fingerprint density at radius 3 is 2.77 bits per heavy atom. The Morgan fingerprint density at radius 2 is 2.08 bits per heavy atom. The Kier molecular flexibility index (Phi) is 6.29. The normalized spacial score (nSPS) is 22.7. The third-order valence-electron chi connectivity index (χ3n) is 5.42. The van der Waals surface area contributed by atoms with Crippen LogP contribution in [0.1, 0.15) is 67.7 Å². The fraction of sp³-hybridized carbons (Fsp3) is 0.684. The van der Waals surface area contributed by atoms with Gasteiger partial charge in [-0.1, -0.05) is 19.3 Å². The van der Waals surface area contributed by atoms with E-state index in [9.17, 15) is 14.7 Å². The van der Waals surface area contributed by atoms with Gasteiger partial charge in [0.05, 0.1) is 16.7 Å². The molecule has 0 bridgehead atoms. The van der Waals surface area contributed by atoms with Gasteiger partial charge in [-0.15, -0.1) is 11.8 Å². The molecule has 0 aromatic carbocycles. The van der Waals surface area contributed by atoms with E-state index in [2.05, 4.69) is 0 Å². The molecule has 1 aromatic heterocycles. The van der Waals surface area contributed by atoms with Crippen molar-refractivity contribution in [1.29, 1.82) is 0 Å². The molecule has 26 heavy (non-hydrogen) atoms. The van der Waals surface area contributed by atoms with Gasteiger partial charge in [-0.3, -0.25) is 4.79 Å². The summed E-state index contributed by atoms with van der Waals surface area (Å²) in [5.74, 6) is 0.241. The van der Waals surface area contributed by atoms with Gasteiger partial charge in [-0.05, 0) is 44.2 Å². The number of aromatic carboxylic acids is 1. The lowest BCUT2D eigenvalue weighted by molar-refractivity contribution is -0.129. The van der Waals surface area contributed by atoms with Gasteiger partial charge >= 0.3 is 5.97 Å². The van der Waals surface area contributed by atoms with Crippen LogP contribution >= 0.6 is 11.8 Å². The smallest absolute Gasteiger partial charge is 0.371 e. The number of carbonyl (C=O) groups excluding carboxylic acids is 1. The first-order chi connectivity index (χ1) is 12.5. The van der Waals surface area contributed by atoms with Crippen LogP contribution in [0.4, 0.5) is 0 Å². The van der Waals surface area contributed by atoms with Crippen molar-refractivity contribution < 1.29 is 24.2 Å². The van der Waals surface area contributed by atoms with Crippen LogP contribution in [0.5, 0.6) is 0 Å². The molecule has 1 atom stereocenters. The number of nitrogens with zero attached hydrogens (tertiary/aromatic N) is 1. The maximum Gasteiger partial charge on any atom is 0.371 e. The second kappa shape index (κ2) is 8.48. The van der Waals surface area contributed by atoms with Crippen molar-refractivity contribution in [3.05, 3.63) is 23.7 Å². The van der Waals surface area contributed by atoms with Gasteiger partial charge in [0, 0.05) is 13.0 Å². The van der Waals surface area contributed by atoms with E-state index >= 15 is 0 Å². The van der Waals surface area contributed by atoms with Crippen LogP contribution in [-0.4, -0.2) is 50.3 Å². The van der Waals surface area contributed by atoms with Crippen molar-refractivity contribution in [2.24, 2.45) is 0 Å². The second-order valence-electron chi connectivity index (χ2n) is 7.35. The van der Waals surface area contributed by atoms with Gasteiger partial charge in [-0.2, -0.15) is 0 Å². The maximum atomic E-state index is 12.2. The van der Waals surface area contributed by atoms with Crippen LogP contribution in [0.2, 0.25) is 0 Å². The maximum absolute atomic E-state index is 12.2. The lowest BCUT2D eigenvalue weighted by Crippen LogP contribution is -2.40. The zero-order valence-corrected chi connectivity index (χ0v) is 15.8. The average molecular weight is 381 g/mol. The Bertz CT molecular complexity index is 638. The highest BCUT2D eigenvalue weighted by Crippen LogP contribution is 2.34. The summed E-state index contributed by atoms with van der Waals surface area (Å²) in [4.78, 5) is 25.0. The minimum absolute atomic E-state index is 0.0345. The van der Waals surface area contributed by atoms with Gasteiger partial charge in [0.2, 0.25) is 11.7 Å². The largest absolute Gasteiger partial charge is 0.475 e. The Balaban J connectivity index is 1.46. The van der Waals surface area contributed by atoms with Crippen LogP contribution in [0, 0.1) is 0 Å². The van der Waals surface area contributed by atoms with E-state index in [1.807, 2.05) is 4.90 Å². The van der Waals surface area contributed by atoms with Gasteiger partial charge in [0.1, 0.15) is 5.76 Å². The number of carboxylic acid groups (broad SMARTS) is 1. The molecule has 2 fully saturated rings. The molecule has 6 nitrogen and oxygen atoms in total. The van der Waals surface area contributed by atoms with E-state index < -0.39 is 11.6 Å². The molecule has 1 aliphatic heterocycles. The lowest BCUT2D eigenvalue weighted by Gasteiger charge is -2.34. The third kappa shape index (κ3) is 4.82. The number of rotatable bonds is 8. The molecule has 2 aliphatic rings. The Morgan fingerprint density at radius 1 is 1.31 bits per heavy atom. The molecule has 3 rings (SSSR count). The summed E-state index contributed by atoms with van der Waals surface area (Å²) < 4.78 is 5.28. The van der Waals surface area contributed by atoms with Crippen molar-refractivity contribution in [1.82, 2.24) is 4.90 Å². The summed E-state index contributed by atoms with van der Waals surface area (Å²) in [5, 5.41) is 19.7.